The van der Waals surface area contributed by atoms with E-state index in [9.17, 15) is 9.90 Å². The van der Waals surface area contributed by atoms with Crippen LogP contribution in [0.25, 0.3) is 22.2 Å². The van der Waals surface area contributed by atoms with Crippen molar-refractivity contribution in [2.24, 2.45) is 0 Å². The number of carboxylic acids is 1. The molecule has 31 heavy (non-hydrogen) atoms. The van der Waals surface area contributed by atoms with Gasteiger partial charge in [0.2, 0.25) is 0 Å². The lowest BCUT2D eigenvalue weighted by atomic mass is 9.97. The molecule has 5 rings (SSSR count). The summed E-state index contributed by atoms with van der Waals surface area (Å²) in [6.07, 6.45) is 0. The van der Waals surface area contributed by atoms with Crippen LogP contribution in [0.3, 0.4) is 0 Å². The van der Waals surface area contributed by atoms with Crippen molar-refractivity contribution in [1.29, 1.82) is 0 Å². The number of aromatic nitrogens is 1. The van der Waals surface area contributed by atoms with Gasteiger partial charge in [-0.05, 0) is 23.8 Å². The van der Waals surface area contributed by atoms with Crippen LogP contribution in [0.5, 0.6) is 0 Å². The SMILES string of the molecule is O=C(O)C(c1c(-c2ccccc2)[nH]c2ccccc12)N1CCN(c2ccccc2)CC1. The van der Waals surface area contributed by atoms with Gasteiger partial charge in [-0.3, -0.25) is 9.69 Å². The lowest BCUT2D eigenvalue weighted by Crippen LogP contribution is -2.49. The second-order valence-corrected chi connectivity index (χ2v) is 7.92. The minimum absolute atomic E-state index is 0.694. The van der Waals surface area contributed by atoms with Gasteiger partial charge in [0.1, 0.15) is 6.04 Å². The maximum atomic E-state index is 12.6. The second kappa shape index (κ2) is 8.28. The van der Waals surface area contributed by atoms with Crippen LogP contribution in [0.4, 0.5) is 5.69 Å². The molecule has 2 heterocycles. The lowest BCUT2D eigenvalue weighted by Gasteiger charge is -2.39. The van der Waals surface area contributed by atoms with Crippen LogP contribution < -0.4 is 4.90 Å². The lowest BCUT2D eigenvalue weighted by molar-refractivity contribution is -0.143. The Morgan fingerprint density at radius 2 is 1.42 bits per heavy atom. The largest absolute Gasteiger partial charge is 0.480 e. The highest BCUT2D eigenvalue weighted by Crippen LogP contribution is 2.38. The van der Waals surface area contributed by atoms with Crippen LogP contribution in [0.15, 0.2) is 84.9 Å². The molecule has 5 heteroatoms. The van der Waals surface area contributed by atoms with Gasteiger partial charge >= 0.3 is 5.97 Å². The van der Waals surface area contributed by atoms with E-state index in [1.165, 1.54) is 5.69 Å². The minimum Gasteiger partial charge on any atom is -0.480 e. The van der Waals surface area contributed by atoms with Gasteiger partial charge in [0.25, 0.3) is 0 Å². The number of fused-ring (bicyclic) bond motifs is 1. The highest BCUT2D eigenvalue weighted by molar-refractivity contribution is 5.95. The van der Waals surface area contributed by atoms with E-state index in [-0.39, 0.29) is 0 Å². The summed E-state index contributed by atoms with van der Waals surface area (Å²) in [5.74, 6) is -0.810. The van der Waals surface area contributed by atoms with Crippen molar-refractivity contribution in [3.8, 4) is 11.3 Å². The number of aliphatic carboxylic acids is 1. The molecular formula is C26H25N3O2. The molecular weight excluding hydrogens is 386 g/mol. The van der Waals surface area contributed by atoms with Crippen LogP contribution in [-0.4, -0.2) is 47.1 Å². The molecule has 1 unspecified atom stereocenters. The highest BCUT2D eigenvalue weighted by atomic mass is 16.4. The van der Waals surface area contributed by atoms with Gasteiger partial charge in [0, 0.05) is 48.3 Å². The molecule has 0 bridgehead atoms. The number of carboxylic acid groups (broad SMARTS) is 1. The molecule has 156 valence electrons. The molecule has 0 radical (unpaired) electrons. The number of nitrogens with zero attached hydrogens (tertiary/aromatic N) is 2. The zero-order valence-electron chi connectivity index (χ0n) is 17.2. The predicted molar refractivity (Wildman–Crippen MR) is 124 cm³/mol. The maximum absolute atomic E-state index is 12.6. The van der Waals surface area contributed by atoms with E-state index in [0.29, 0.717) is 13.1 Å². The minimum atomic E-state index is -0.810. The molecule has 0 saturated carbocycles. The summed E-state index contributed by atoms with van der Waals surface area (Å²) in [4.78, 5) is 20.5. The van der Waals surface area contributed by atoms with E-state index in [0.717, 1.165) is 40.8 Å². The van der Waals surface area contributed by atoms with Crippen molar-refractivity contribution in [2.45, 2.75) is 6.04 Å². The topological polar surface area (TPSA) is 59.6 Å². The third-order valence-corrected chi connectivity index (χ3v) is 6.12. The van der Waals surface area contributed by atoms with Crippen molar-refractivity contribution < 1.29 is 9.90 Å². The maximum Gasteiger partial charge on any atom is 0.325 e. The molecule has 1 atom stereocenters. The number of benzene rings is 3. The number of para-hydroxylation sites is 2. The Morgan fingerprint density at radius 1 is 0.806 bits per heavy atom. The molecule has 5 nitrogen and oxygen atoms in total. The summed E-state index contributed by atoms with van der Waals surface area (Å²) in [5, 5.41) is 11.3. The van der Waals surface area contributed by atoms with Crippen LogP contribution >= 0.6 is 0 Å². The van der Waals surface area contributed by atoms with E-state index >= 15 is 0 Å². The van der Waals surface area contributed by atoms with Gasteiger partial charge in [-0.1, -0.05) is 66.7 Å². The number of anilines is 1. The van der Waals surface area contributed by atoms with E-state index < -0.39 is 12.0 Å². The number of hydrogen-bond donors (Lipinski definition) is 2. The first kappa shape index (κ1) is 19.4. The molecule has 0 spiro atoms. The van der Waals surface area contributed by atoms with Crippen LogP contribution in [-0.2, 0) is 4.79 Å². The normalized spacial score (nSPS) is 15.8. The Bertz CT molecular complexity index is 1180. The third kappa shape index (κ3) is 3.68. The number of aromatic amines is 1. The molecule has 4 aromatic rings. The average molecular weight is 412 g/mol. The van der Waals surface area contributed by atoms with Gasteiger partial charge in [0.05, 0.1) is 5.69 Å². The molecule has 0 aliphatic carbocycles. The molecule has 1 aromatic heterocycles. The molecule has 3 aromatic carbocycles. The van der Waals surface area contributed by atoms with E-state index in [1.54, 1.807) is 0 Å². The Hall–Kier alpha value is -3.57. The first-order valence-electron chi connectivity index (χ1n) is 10.7. The van der Waals surface area contributed by atoms with Crippen LogP contribution in [0.1, 0.15) is 11.6 Å². The van der Waals surface area contributed by atoms with Gasteiger partial charge in [-0.2, -0.15) is 0 Å². The van der Waals surface area contributed by atoms with Gasteiger partial charge in [-0.15, -0.1) is 0 Å². The van der Waals surface area contributed by atoms with Gasteiger partial charge < -0.3 is 15.0 Å². The van der Waals surface area contributed by atoms with Crippen molar-refractivity contribution >= 4 is 22.6 Å². The zero-order chi connectivity index (χ0) is 21.2. The average Bonchev–Trinajstić information content (AvgIpc) is 3.20. The second-order valence-electron chi connectivity index (χ2n) is 7.92. The standard InChI is InChI=1S/C26H25N3O2/c30-26(31)25(29-17-15-28(16-18-29)20-11-5-2-6-12-20)23-21-13-7-8-14-22(21)27-24(23)19-9-3-1-4-10-19/h1-14,25,27H,15-18H2,(H,30,31). The third-order valence-electron chi connectivity index (χ3n) is 6.12. The Labute approximate surface area is 181 Å². The summed E-state index contributed by atoms with van der Waals surface area (Å²) in [6.45, 7) is 2.99. The van der Waals surface area contributed by atoms with Gasteiger partial charge in [0.15, 0.2) is 0 Å². The first-order chi connectivity index (χ1) is 15.2. The molecule has 2 N–H and O–H groups in total. The van der Waals surface area contributed by atoms with Crippen molar-refractivity contribution in [3.63, 3.8) is 0 Å². The molecule has 0 amide bonds. The molecule has 1 fully saturated rings. The predicted octanol–water partition coefficient (Wildman–Crippen LogP) is 4.78. The molecule has 1 aliphatic rings. The number of piperazine rings is 1. The smallest absolute Gasteiger partial charge is 0.325 e. The Morgan fingerprint density at radius 3 is 2.10 bits per heavy atom. The highest BCUT2D eigenvalue weighted by Gasteiger charge is 2.34. The van der Waals surface area contributed by atoms with E-state index in [1.807, 2.05) is 72.8 Å². The summed E-state index contributed by atoms with van der Waals surface area (Å²) >= 11 is 0. The molecule has 1 aliphatic heterocycles. The number of nitrogens with one attached hydrogen (secondary N) is 1. The molecule has 1 saturated heterocycles. The van der Waals surface area contributed by atoms with E-state index in [4.69, 9.17) is 0 Å². The number of hydrogen-bond acceptors (Lipinski definition) is 3. The van der Waals surface area contributed by atoms with Crippen LogP contribution in [0.2, 0.25) is 0 Å². The summed E-state index contributed by atoms with van der Waals surface area (Å²) in [7, 11) is 0. The van der Waals surface area contributed by atoms with Crippen molar-refractivity contribution in [3.05, 3.63) is 90.5 Å². The van der Waals surface area contributed by atoms with Crippen LogP contribution in [0, 0.1) is 0 Å². The fourth-order valence-corrected chi connectivity index (χ4v) is 4.62. The summed E-state index contributed by atoms with van der Waals surface area (Å²) in [5.41, 5.74) is 4.89. The summed E-state index contributed by atoms with van der Waals surface area (Å²) in [6, 6.07) is 27.6. The van der Waals surface area contributed by atoms with Crippen molar-refractivity contribution in [2.75, 3.05) is 31.1 Å². The summed E-state index contributed by atoms with van der Waals surface area (Å²) < 4.78 is 0. The number of rotatable bonds is 5. The number of carbonyl (C=O) groups is 1. The number of H-pyrrole nitrogens is 1. The fraction of sp³-hybridized carbons (Fsp3) is 0.192. The first-order valence-corrected chi connectivity index (χ1v) is 10.7. The zero-order valence-corrected chi connectivity index (χ0v) is 17.2. The Balaban J connectivity index is 1.52. The van der Waals surface area contributed by atoms with Gasteiger partial charge in [-0.25, -0.2) is 0 Å². The van der Waals surface area contributed by atoms with E-state index in [2.05, 4.69) is 26.9 Å². The monoisotopic (exact) mass is 411 g/mol. The Kier molecular flexibility index (Phi) is 5.18. The quantitative estimate of drug-likeness (QED) is 0.496. The van der Waals surface area contributed by atoms with Crippen molar-refractivity contribution in [1.82, 2.24) is 9.88 Å². The fourth-order valence-electron chi connectivity index (χ4n) is 4.62.